The minimum atomic E-state index is -0.337. The van der Waals surface area contributed by atoms with Gasteiger partial charge in [-0.15, -0.1) is 0 Å². The van der Waals surface area contributed by atoms with Crippen LogP contribution in [0, 0.1) is 0 Å². The first kappa shape index (κ1) is 17.1. The summed E-state index contributed by atoms with van der Waals surface area (Å²) in [5.41, 5.74) is 1.55. The van der Waals surface area contributed by atoms with Crippen molar-refractivity contribution < 1.29 is 9.31 Å². The van der Waals surface area contributed by atoms with Gasteiger partial charge in [-0.2, -0.15) is 0 Å². The first-order valence-electron chi connectivity index (χ1n) is 8.37. The summed E-state index contributed by atoms with van der Waals surface area (Å²) in [6.07, 6.45) is 5.85. The average molecular weight is 324 g/mol. The van der Waals surface area contributed by atoms with Crippen LogP contribution in [0.25, 0.3) is 16.8 Å². The highest BCUT2D eigenvalue weighted by molar-refractivity contribution is 6.55. The highest BCUT2D eigenvalue weighted by Crippen LogP contribution is 2.38. The topological polar surface area (TPSA) is 43.4 Å². The van der Waals surface area contributed by atoms with Gasteiger partial charge in [0, 0.05) is 24.3 Å². The fourth-order valence-electron chi connectivity index (χ4n) is 2.81. The molecule has 1 aliphatic rings. The quantitative estimate of drug-likeness (QED) is 0.875. The highest BCUT2D eigenvalue weighted by Gasteiger charge is 2.52. The third kappa shape index (κ3) is 3.25. The van der Waals surface area contributed by atoms with E-state index in [1.807, 2.05) is 25.5 Å². The molecule has 1 aromatic carbocycles. The molecule has 1 fully saturated rings. The van der Waals surface area contributed by atoms with Crippen molar-refractivity contribution in [1.82, 2.24) is 10.3 Å². The van der Waals surface area contributed by atoms with Crippen LogP contribution in [-0.4, -0.2) is 36.9 Å². The van der Waals surface area contributed by atoms with Gasteiger partial charge in [0.1, 0.15) is 0 Å². The number of aromatic nitrogens is 1. The number of benzene rings is 1. The van der Waals surface area contributed by atoms with E-state index in [9.17, 15) is 0 Å². The van der Waals surface area contributed by atoms with E-state index in [-0.39, 0.29) is 18.3 Å². The molecule has 5 heteroatoms. The molecule has 0 amide bonds. The molecule has 0 unspecified atom stereocenters. The molecule has 0 saturated carbocycles. The number of fused-ring (bicyclic) bond motifs is 1. The van der Waals surface area contributed by atoms with Crippen LogP contribution in [0.2, 0.25) is 0 Å². The first-order chi connectivity index (χ1) is 11.3. The van der Waals surface area contributed by atoms with Gasteiger partial charge in [0.15, 0.2) is 0 Å². The van der Waals surface area contributed by atoms with Gasteiger partial charge in [-0.25, -0.2) is 0 Å². The van der Waals surface area contributed by atoms with Crippen molar-refractivity contribution in [2.45, 2.75) is 38.9 Å². The Labute approximate surface area is 144 Å². The summed E-state index contributed by atoms with van der Waals surface area (Å²) >= 11 is 0. The van der Waals surface area contributed by atoms with Crippen LogP contribution in [0.1, 0.15) is 33.3 Å². The van der Waals surface area contributed by atoms with Crippen LogP contribution in [0.3, 0.4) is 0 Å². The van der Waals surface area contributed by atoms with E-state index in [0.29, 0.717) is 6.54 Å². The normalized spacial score (nSPS) is 19.9. The number of likely N-dealkylation sites (N-methyl/N-ethyl adjacent to an activating group) is 1. The Hall–Kier alpha value is -1.69. The van der Waals surface area contributed by atoms with E-state index in [0.717, 1.165) is 16.4 Å². The van der Waals surface area contributed by atoms with E-state index in [1.165, 1.54) is 5.39 Å². The van der Waals surface area contributed by atoms with E-state index >= 15 is 0 Å². The lowest BCUT2D eigenvalue weighted by atomic mass is 9.77. The fourth-order valence-corrected chi connectivity index (χ4v) is 2.81. The molecule has 3 rings (SSSR count). The monoisotopic (exact) mass is 324 g/mol. The molecule has 2 aromatic rings. The second kappa shape index (κ2) is 6.32. The van der Waals surface area contributed by atoms with Crippen LogP contribution in [0.15, 0.2) is 42.1 Å². The summed E-state index contributed by atoms with van der Waals surface area (Å²) in [6.45, 7) is 9.02. The zero-order chi connectivity index (χ0) is 17.4. The summed E-state index contributed by atoms with van der Waals surface area (Å²) in [5, 5.41) is 5.54. The molecule has 0 atom stereocenters. The van der Waals surface area contributed by atoms with E-state index in [4.69, 9.17) is 9.31 Å². The second-order valence-electron chi connectivity index (χ2n) is 7.32. The summed E-state index contributed by atoms with van der Waals surface area (Å²) in [4.78, 5) is 4.16. The molecule has 0 spiro atoms. The summed E-state index contributed by atoms with van der Waals surface area (Å²) in [5.74, 6) is 0. The number of nitrogens with zero attached hydrogens (tertiary/aromatic N) is 1. The smallest absolute Gasteiger partial charge is 0.400 e. The van der Waals surface area contributed by atoms with Gasteiger partial charge in [-0.05, 0) is 63.3 Å². The summed E-state index contributed by atoms with van der Waals surface area (Å²) < 4.78 is 12.4. The maximum Gasteiger partial charge on any atom is 0.491 e. The Kier molecular flexibility index (Phi) is 4.51. The van der Waals surface area contributed by atoms with Gasteiger partial charge in [-0.3, -0.25) is 4.98 Å². The second-order valence-corrected chi connectivity index (χ2v) is 7.32. The minimum absolute atomic E-state index is 0.334. The number of hydrogen-bond donors (Lipinski definition) is 1. The van der Waals surface area contributed by atoms with Crippen molar-refractivity contribution in [2.75, 3.05) is 13.6 Å². The summed E-state index contributed by atoms with van der Waals surface area (Å²) in [7, 11) is 1.60. The first-order valence-corrected chi connectivity index (χ1v) is 8.37. The Morgan fingerprint density at radius 2 is 1.83 bits per heavy atom. The lowest BCUT2D eigenvalue weighted by Crippen LogP contribution is -2.41. The van der Waals surface area contributed by atoms with Gasteiger partial charge < -0.3 is 14.6 Å². The van der Waals surface area contributed by atoms with Crippen molar-refractivity contribution in [2.24, 2.45) is 0 Å². The van der Waals surface area contributed by atoms with Crippen molar-refractivity contribution in [1.29, 1.82) is 0 Å². The maximum atomic E-state index is 6.20. The Balaban J connectivity index is 1.93. The largest absolute Gasteiger partial charge is 0.491 e. The highest BCUT2D eigenvalue weighted by atomic mass is 16.7. The van der Waals surface area contributed by atoms with Crippen LogP contribution in [0.5, 0.6) is 0 Å². The Morgan fingerprint density at radius 1 is 1.12 bits per heavy atom. The number of nitrogens with one attached hydrogen (secondary N) is 1. The van der Waals surface area contributed by atoms with Gasteiger partial charge in [0.05, 0.1) is 11.2 Å². The average Bonchev–Trinajstić information content (AvgIpc) is 2.75. The third-order valence-corrected chi connectivity index (χ3v) is 4.95. The lowest BCUT2D eigenvalue weighted by Gasteiger charge is -2.32. The predicted molar refractivity (Wildman–Crippen MR) is 99.7 cm³/mol. The van der Waals surface area contributed by atoms with Gasteiger partial charge in [-0.1, -0.05) is 18.2 Å². The maximum absolute atomic E-state index is 6.20. The number of pyridine rings is 1. The molecule has 0 bridgehead atoms. The Bertz CT molecular complexity index is 755. The van der Waals surface area contributed by atoms with E-state index in [1.54, 1.807) is 0 Å². The molecular weight excluding hydrogens is 299 g/mol. The zero-order valence-corrected chi connectivity index (χ0v) is 15.1. The number of hydrogen-bond acceptors (Lipinski definition) is 4. The zero-order valence-electron chi connectivity index (χ0n) is 15.1. The molecule has 0 aliphatic carbocycles. The van der Waals surface area contributed by atoms with Crippen LogP contribution < -0.4 is 5.32 Å². The predicted octanol–water partition coefficient (Wildman–Crippen LogP) is 3.47. The van der Waals surface area contributed by atoms with E-state index < -0.39 is 0 Å². The molecule has 1 saturated heterocycles. The molecule has 4 nitrogen and oxygen atoms in total. The van der Waals surface area contributed by atoms with Crippen LogP contribution >= 0.6 is 0 Å². The molecule has 24 heavy (non-hydrogen) atoms. The minimum Gasteiger partial charge on any atom is -0.400 e. The SMILES string of the molecule is CNCC(=Cc1ccc2cnccc2c1)B1OC(C)(C)C(C)(C)O1. The Morgan fingerprint density at radius 3 is 2.50 bits per heavy atom. The number of rotatable bonds is 4. The molecule has 2 heterocycles. The van der Waals surface area contributed by atoms with Crippen LogP contribution in [-0.2, 0) is 9.31 Å². The summed E-state index contributed by atoms with van der Waals surface area (Å²) in [6, 6.07) is 8.39. The van der Waals surface area contributed by atoms with Gasteiger partial charge in [0.2, 0.25) is 0 Å². The standard InChI is InChI=1S/C19H25BN2O2/c1-18(2)19(3,4)24-20(23-18)17(13-21-5)11-14-6-7-16-12-22-9-8-15(16)10-14/h6-12,21H,13H2,1-5H3. The van der Waals surface area contributed by atoms with Crippen molar-refractivity contribution >= 4 is 24.0 Å². The van der Waals surface area contributed by atoms with Crippen molar-refractivity contribution in [3.63, 3.8) is 0 Å². The van der Waals surface area contributed by atoms with Gasteiger partial charge >= 0.3 is 7.12 Å². The van der Waals surface area contributed by atoms with Gasteiger partial charge in [0.25, 0.3) is 0 Å². The fraction of sp³-hybridized carbons (Fsp3) is 0.421. The van der Waals surface area contributed by atoms with Crippen molar-refractivity contribution in [3.05, 3.63) is 47.7 Å². The van der Waals surface area contributed by atoms with E-state index in [2.05, 4.69) is 62.3 Å². The molecule has 1 aliphatic heterocycles. The molecule has 126 valence electrons. The van der Waals surface area contributed by atoms with Crippen LogP contribution in [0.4, 0.5) is 0 Å². The molecule has 1 aromatic heterocycles. The molecular formula is C19H25BN2O2. The van der Waals surface area contributed by atoms with Crippen molar-refractivity contribution in [3.8, 4) is 0 Å². The third-order valence-electron chi connectivity index (χ3n) is 4.95. The molecule has 1 N–H and O–H groups in total. The lowest BCUT2D eigenvalue weighted by molar-refractivity contribution is 0.00578. The molecule has 0 radical (unpaired) electrons.